The van der Waals surface area contributed by atoms with Gasteiger partial charge in [-0.3, -0.25) is 9.59 Å². The molecule has 0 saturated carbocycles. The van der Waals surface area contributed by atoms with Gasteiger partial charge in [-0.25, -0.2) is 0 Å². The van der Waals surface area contributed by atoms with Crippen LogP contribution in [0.15, 0.2) is 24.3 Å². The molecule has 1 aromatic rings. The Morgan fingerprint density at radius 1 is 1.29 bits per heavy atom. The molecule has 0 atom stereocenters. The lowest BCUT2D eigenvalue weighted by Gasteiger charge is -2.21. The lowest BCUT2D eigenvalue weighted by atomic mass is 10.1. The first-order chi connectivity index (χ1) is 9.93. The number of rotatable bonds is 7. The number of para-hydroxylation sites is 1. The molecule has 0 saturated heterocycles. The Morgan fingerprint density at radius 2 is 1.95 bits per heavy atom. The van der Waals surface area contributed by atoms with Crippen LogP contribution in [-0.2, 0) is 16.0 Å². The van der Waals surface area contributed by atoms with Gasteiger partial charge in [0.25, 0.3) is 0 Å². The molecule has 0 aliphatic carbocycles. The lowest BCUT2D eigenvalue weighted by Crippen LogP contribution is -2.42. The van der Waals surface area contributed by atoms with Gasteiger partial charge in [-0.15, -0.1) is 0 Å². The number of hydrogen-bond acceptors (Lipinski definition) is 3. The number of hydrogen-bond donors (Lipinski definition) is 2. The van der Waals surface area contributed by atoms with Crippen LogP contribution >= 0.6 is 0 Å². The van der Waals surface area contributed by atoms with Crippen LogP contribution in [0.5, 0.6) is 5.75 Å². The highest BCUT2D eigenvalue weighted by molar-refractivity contribution is 5.85. The Bertz CT molecular complexity index is 486. The minimum absolute atomic E-state index is 0.0626. The average Bonchev–Trinajstić information content (AvgIpc) is 2.42. The van der Waals surface area contributed by atoms with Crippen molar-refractivity contribution in [2.75, 3.05) is 13.1 Å². The Morgan fingerprint density at radius 3 is 2.52 bits per heavy atom. The third-order valence-corrected chi connectivity index (χ3v) is 3.12. The summed E-state index contributed by atoms with van der Waals surface area (Å²) in [6.45, 7) is 6.18. The van der Waals surface area contributed by atoms with Crippen molar-refractivity contribution in [1.29, 1.82) is 0 Å². The second-order valence-electron chi connectivity index (χ2n) is 5.26. The molecule has 5 heteroatoms. The molecule has 1 aromatic carbocycles. The maximum Gasteiger partial charge on any atom is 0.239 e. The number of benzene rings is 1. The molecule has 0 bridgehead atoms. The zero-order valence-electron chi connectivity index (χ0n) is 12.9. The minimum atomic E-state index is -0.150. The highest BCUT2D eigenvalue weighted by Crippen LogP contribution is 2.17. The fourth-order valence-electron chi connectivity index (χ4n) is 2.04. The Balaban J connectivity index is 2.52. The van der Waals surface area contributed by atoms with Crippen LogP contribution in [0.4, 0.5) is 0 Å². The Hall–Kier alpha value is -2.04. The predicted octanol–water partition coefficient (Wildman–Crippen LogP) is 1.70. The quantitative estimate of drug-likeness (QED) is 0.803. The summed E-state index contributed by atoms with van der Waals surface area (Å²) in [6, 6.07) is 7.04. The van der Waals surface area contributed by atoms with Gasteiger partial charge in [0, 0.05) is 19.0 Å². The first-order valence-electron chi connectivity index (χ1n) is 7.28. The number of likely N-dealkylation sites (N-methyl/N-ethyl adjacent to an activating group) is 1. The predicted molar refractivity (Wildman–Crippen MR) is 82.0 cm³/mol. The molecule has 116 valence electrons. The topological polar surface area (TPSA) is 69.6 Å². The van der Waals surface area contributed by atoms with Crippen LogP contribution in [0.2, 0.25) is 0 Å². The van der Waals surface area contributed by atoms with Crippen LogP contribution in [0.1, 0.15) is 32.8 Å². The van der Waals surface area contributed by atoms with E-state index in [9.17, 15) is 14.7 Å². The number of amides is 2. The standard InChI is InChI=1S/C16H24N2O3/c1-4-18(11-15(20)17-12(2)3)16(21)10-9-13-7-5-6-8-14(13)19/h5-8,12,19H,4,9-11H2,1-3H3,(H,17,20). The Kier molecular flexibility index (Phi) is 6.72. The van der Waals surface area contributed by atoms with Gasteiger partial charge >= 0.3 is 0 Å². The molecule has 21 heavy (non-hydrogen) atoms. The van der Waals surface area contributed by atoms with E-state index >= 15 is 0 Å². The van der Waals surface area contributed by atoms with E-state index in [0.29, 0.717) is 13.0 Å². The highest BCUT2D eigenvalue weighted by atomic mass is 16.3. The lowest BCUT2D eigenvalue weighted by molar-refractivity contribution is -0.136. The summed E-state index contributed by atoms with van der Waals surface area (Å²) in [5, 5.41) is 12.4. The van der Waals surface area contributed by atoms with Crippen LogP contribution in [-0.4, -0.2) is 41.0 Å². The summed E-state index contributed by atoms with van der Waals surface area (Å²) in [5.74, 6) is -0.0340. The molecule has 0 aliphatic rings. The number of aromatic hydroxyl groups is 1. The van der Waals surface area contributed by atoms with Crippen LogP contribution in [0.25, 0.3) is 0 Å². The number of carbonyl (C=O) groups is 2. The number of aryl methyl sites for hydroxylation is 1. The molecular formula is C16H24N2O3. The number of nitrogens with one attached hydrogen (secondary N) is 1. The summed E-state index contributed by atoms with van der Waals surface area (Å²) in [7, 11) is 0. The van der Waals surface area contributed by atoms with Gasteiger partial charge in [-0.2, -0.15) is 0 Å². The largest absolute Gasteiger partial charge is 0.508 e. The van der Waals surface area contributed by atoms with E-state index in [0.717, 1.165) is 5.56 Å². The van der Waals surface area contributed by atoms with Gasteiger partial charge in [-0.1, -0.05) is 18.2 Å². The number of carbonyl (C=O) groups excluding carboxylic acids is 2. The smallest absolute Gasteiger partial charge is 0.239 e. The molecule has 5 nitrogen and oxygen atoms in total. The van der Waals surface area contributed by atoms with Crippen molar-refractivity contribution >= 4 is 11.8 Å². The Labute approximate surface area is 126 Å². The molecule has 0 radical (unpaired) electrons. The van der Waals surface area contributed by atoms with Crippen molar-refractivity contribution in [1.82, 2.24) is 10.2 Å². The summed E-state index contributed by atoms with van der Waals surface area (Å²) in [4.78, 5) is 25.4. The van der Waals surface area contributed by atoms with Crippen molar-refractivity contribution in [3.05, 3.63) is 29.8 Å². The number of phenols is 1. The molecule has 0 spiro atoms. The third kappa shape index (κ3) is 5.85. The first kappa shape index (κ1) is 17.0. The van der Waals surface area contributed by atoms with E-state index in [1.54, 1.807) is 18.2 Å². The zero-order chi connectivity index (χ0) is 15.8. The van der Waals surface area contributed by atoms with Crippen molar-refractivity contribution < 1.29 is 14.7 Å². The van der Waals surface area contributed by atoms with Crippen LogP contribution < -0.4 is 5.32 Å². The fourth-order valence-corrected chi connectivity index (χ4v) is 2.04. The van der Waals surface area contributed by atoms with Crippen molar-refractivity contribution in [3.8, 4) is 5.75 Å². The number of nitrogens with zero attached hydrogens (tertiary/aromatic N) is 1. The molecule has 1 rings (SSSR count). The van der Waals surface area contributed by atoms with E-state index in [1.165, 1.54) is 4.90 Å². The van der Waals surface area contributed by atoms with Gasteiger partial charge in [0.1, 0.15) is 5.75 Å². The van der Waals surface area contributed by atoms with E-state index < -0.39 is 0 Å². The van der Waals surface area contributed by atoms with Crippen LogP contribution in [0.3, 0.4) is 0 Å². The molecule has 0 fully saturated rings. The number of phenolic OH excluding ortho intramolecular Hbond substituents is 1. The fraction of sp³-hybridized carbons (Fsp3) is 0.500. The second-order valence-corrected chi connectivity index (χ2v) is 5.26. The zero-order valence-corrected chi connectivity index (χ0v) is 12.9. The normalized spacial score (nSPS) is 10.5. The maximum absolute atomic E-state index is 12.1. The summed E-state index contributed by atoms with van der Waals surface area (Å²) >= 11 is 0. The monoisotopic (exact) mass is 292 g/mol. The molecule has 0 aliphatic heterocycles. The van der Waals surface area contributed by atoms with E-state index in [-0.39, 0.29) is 36.6 Å². The molecule has 0 aromatic heterocycles. The summed E-state index contributed by atoms with van der Waals surface area (Å²) < 4.78 is 0. The maximum atomic E-state index is 12.1. The minimum Gasteiger partial charge on any atom is -0.508 e. The molecule has 2 N–H and O–H groups in total. The van der Waals surface area contributed by atoms with Crippen LogP contribution in [0, 0.1) is 0 Å². The van der Waals surface area contributed by atoms with Crippen molar-refractivity contribution in [2.24, 2.45) is 0 Å². The first-order valence-corrected chi connectivity index (χ1v) is 7.28. The summed E-state index contributed by atoms with van der Waals surface area (Å²) in [6.07, 6.45) is 0.744. The SMILES string of the molecule is CCN(CC(=O)NC(C)C)C(=O)CCc1ccccc1O. The highest BCUT2D eigenvalue weighted by Gasteiger charge is 2.16. The van der Waals surface area contributed by atoms with Gasteiger partial charge in [-0.05, 0) is 38.8 Å². The molecular weight excluding hydrogens is 268 g/mol. The average molecular weight is 292 g/mol. The van der Waals surface area contributed by atoms with Gasteiger partial charge in [0.15, 0.2) is 0 Å². The van der Waals surface area contributed by atoms with Gasteiger partial charge in [0.05, 0.1) is 6.54 Å². The van der Waals surface area contributed by atoms with E-state index in [4.69, 9.17) is 0 Å². The van der Waals surface area contributed by atoms with Crippen molar-refractivity contribution in [2.45, 2.75) is 39.7 Å². The van der Waals surface area contributed by atoms with E-state index in [1.807, 2.05) is 26.8 Å². The van der Waals surface area contributed by atoms with E-state index in [2.05, 4.69) is 5.32 Å². The second kappa shape index (κ2) is 8.29. The molecule has 0 unspecified atom stereocenters. The van der Waals surface area contributed by atoms with Gasteiger partial charge in [0.2, 0.25) is 11.8 Å². The third-order valence-electron chi connectivity index (χ3n) is 3.12. The van der Waals surface area contributed by atoms with Crippen molar-refractivity contribution in [3.63, 3.8) is 0 Å². The molecule has 0 heterocycles. The van der Waals surface area contributed by atoms with Gasteiger partial charge < -0.3 is 15.3 Å². The summed E-state index contributed by atoms with van der Waals surface area (Å²) in [5.41, 5.74) is 0.744. The molecule has 2 amide bonds.